The van der Waals surface area contributed by atoms with Gasteiger partial charge in [0.1, 0.15) is 0 Å². The minimum atomic E-state index is -0.902. The predicted molar refractivity (Wildman–Crippen MR) is 89.2 cm³/mol. The Morgan fingerprint density at radius 3 is 1.14 bits per heavy atom. The van der Waals surface area contributed by atoms with Gasteiger partial charge in [-0.1, -0.05) is 103 Å². The Hall–Kier alpha value is 1.52. The Kier molecular flexibility index (Phi) is 26.4. The molecule has 0 aliphatic carbocycles. The first-order valence-corrected chi connectivity index (χ1v) is 9.47. The molecule has 0 fully saturated rings. The van der Waals surface area contributed by atoms with Gasteiger partial charge in [0.05, 0.1) is 0 Å². The summed E-state index contributed by atoms with van der Waals surface area (Å²) < 4.78 is 0. The number of hydrogen-bond acceptors (Lipinski definition) is 2. The molecule has 0 aliphatic heterocycles. The number of carbonyl (C=O) groups is 1. The van der Waals surface area contributed by atoms with Gasteiger partial charge < -0.3 is 9.90 Å². The second-order valence-corrected chi connectivity index (χ2v) is 6.43. The normalized spacial score (nSPS) is 10.4. The molecule has 0 bridgehead atoms. The average molecular weight is 430 g/mol. The Bertz CT molecular complexity index is 219. The van der Waals surface area contributed by atoms with Crippen LogP contribution in [0.3, 0.4) is 0 Å². The van der Waals surface area contributed by atoms with Crippen molar-refractivity contribution in [1.82, 2.24) is 0 Å². The third-order valence-electron chi connectivity index (χ3n) is 4.23. The van der Waals surface area contributed by atoms with E-state index >= 15 is 0 Å². The smallest absolute Gasteiger partial charge is 0.550 e. The van der Waals surface area contributed by atoms with Gasteiger partial charge in [-0.15, -0.1) is 0 Å². The molecule has 2 nitrogen and oxygen atoms in total. The van der Waals surface area contributed by atoms with Crippen molar-refractivity contribution in [2.24, 2.45) is 0 Å². The summed E-state index contributed by atoms with van der Waals surface area (Å²) in [6.45, 7) is 2.27. The maximum atomic E-state index is 10.2. The number of carboxylic acid groups (broad SMARTS) is 1. The van der Waals surface area contributed by atoms with Crippen LogP contribution in [0.2, 0.25) is 0 Å². The van der Waals surface area contributed by atoms with Crippen LogP contribution in [0, 0.1) is 0 Å². The number of aliphatic carboxylic acids is 1. The van der Waals surface area contributed by atoms with Crippen LogP contribution in [0.15, 0.2) is 0 Å². The van der Waals surface area contributed by atoms with Gasteiger partial charge in [0.15, 0.2) is 0 Å². The standard InChI is InChI=1S/C19H38O2.Cs/c1-2-3-4-5-6-7-8-9-10-11-12-13-14-15-16-17-18-19(20)21;/h2-18H2,1H3,(H,20,21);/q;+1/p-1. The van der Waals surface area contributed by atoms with Crippen LogP contribution in [-0.2, 0) is 4.79 Å². The van der Waals surface area contributed by atoms with Crippen LogP contribution in [0.5, 0.6) is 0 Å². The van der Waals surface area contributed by atoms with Crippen LogP contribution in [0.1, 0.15) is 116 Å². The molecule has 0 N–H and O–H groups in total. The molecule has 0 rings (SSSR count). The molecular weight excluding hydrogens is 393 g/mol. The fourth-order valence-electron chi connectivity index (χ4n) is 2.82. The van der Waals surface area contributed by atoms with Crippen molar-refractivity contribution in [3.63, 3.8) is 0 Å². The molecule has 0 aromatic carbocycles. The van der Waals surface area contributed by atoms with Crippen molar-refractivity contribution in [2.45, 2.75) is 116 Å². The monoisotopic (exact) mass is 430 g/mol. The van der Waals surface area contributed by atoms with Crippen molar-refractivity contribution in [1.29, 1.82) is 0 Å². The minimum absolute atomic E-state index is 0. The van der Waals surface area contributed by atoms with Gasteiger partial charge in [-0.25, -0.2) is 0 Å². The molecule has 0 saturated heterocycles. The first kappa shape index (κ1) is 25.8. The summed E-state index contributed by atoms with van der Waals surface area (Å²) in [4.78, 5) is 10.2. The van der Waals surface area contributed by atoms with Gasteiger partial charge >= 0.3 is 68.9 Å². The largest absolute Gasteiger partial charge is 1.00 e. The van der Waals surface area contributed by atoms with E-state index < -0.39 is 5.97 Å². The fourth-order valence-corrected chi connectivity index (χ4v) is 2.82. The summed E-state index contributed by atoms with van der Waals surface area (Å²) in [7, 11) is 0. The topological polar surface area (TPSA) is 40.1 Å². The van der Waals surface area contributed by atoms with E-state index in [2.05, 4.69) is 6.92 Å². The molecule has 0 aliphatic rings. The third kappa shape index (κ3) is 23.8. The van der Waals surface area contributed by atoms with E-state index in [1.807, 2.05) is 0 Å². The molecule has 0 aromatic rings. The quantitative estimate of drug-likeness (QED) is 0.333. The minimum Gasteiger partial charge on any atom is -0.550 e. The van der Waals surface area contributed by atoms with Crippen LogP contribution in [-0.4, -0.2) is 5.97 Å². The molecule has 126 valence electrons. The van der Waals surface area contributed by atoms with E-state index in [1.165, 1.54) is 89.9 Å². The van der Waals surface area contributed by atoms with Gasteiger partial charge in [-0.3, -0.25) is 0 Å². The van der Waals surface area contributed by atoms with E-state index in [4.69, 9.17) is 0 Å². The molecule has 0 radical (unpaired) electrons. The SMILES string of the molecule is CCCCCCCCCCCCCCCCCCC(=O)[O-].[Cs+]. The Labute approximate surface area is 198 Å². The Balaban J connectivity index is 0. The van der Waals surface area contributed by atoms with Crippen LogP contribution >= 0.6 is 0 Å². The molecular formula is C19H37CsO2. The van der Waals surface area contributed by atoms with Gasteiger partial charge in [0.25, 0.3) is 0 Å². The molecule has 0 spiro atoms. The van der Waals surface area contributed by atoms with Gasteiger partial charge in [0.2, 0.25) is 0 Å². The molecule has 0 heterocycles. The van der Waals surface area contributed by atoms with Crippen LogP contribution in [0.25, 0.3) is 0 Å². The van der Waals surface area contributed by atoms with Gasteiger partial charge in [0, 0.05) is 5.97 Å². The van der Waals surface area contributed by atoms with Crippen molar-refractivity contribution < 1.29 is 78.8 Å². The van der Waals surface area contributed by atoms with Crippen molar-refractivity contribution in [2.75, 3.05) is 0 Å². The fraction of sp³-hybridized carbons (Fsp3) is 0.947. The third-order valence-corrected chi connectivity index (χ3v) is 4.23. The molecule has 0 amide bonds. The zero-order chi connectivity index (χ0) is 15.6. The van der Waals surface area contributed by atoms with E-state index in [0.717, 1.165) is 12.8 Å². The summed E-state index contributed by atoms with van der Waals surface area (Å²) in [6.07, 6.45) is 21.3. The first-order chi connectivity index (χ1) is 10.3. The van der Waals surface area contributed by atoms with Crippen LogP contribution in [0.4, 0.5) is 0 Å². The summed E-state index contributed by atoms with van der Waals surface area (Å²) in [5.74, 6) is -0.902. The van der Waals surface area contributed by atoms with Gasteiger partial charge in [-0.2, -0.15) is 0 Å². The van der Waals surface area contributed by atoms with Crippen LogP contribution < -0.4 is 74.0 Å². The first-order valence-electron chi connectivity index (χ1n) is 9.47. The molecule has 0 aromatic heterocycles. The number of carbonyl (C=O) groups excluding carboxylic acids is 1. The number of carboxylic acids is 1. The summed E-state index contributed by atoms with van der Waals surface area (Å²) in [5, 5.41) is 10.2. The molecule has 0 atom stereocenters. The second-order valence-electron chi connectivity index (χ2n) is 6.43. The van der Waals surface area contributed by atoms with Crippen molar-refractivity contribution in [3.05, 3.63) is 0 Å². The number of rotatable bonds is 17. The Morgan fingerprint density at radius 1 is 0.591 bits per heavy atom. The molecule has 3 heteroatoms. The van der Waals surface area contributed by atoms with E-state index in [0.29, 0.717) is 0 Å². The maximum absolute atomic E-state index is 10.2. The number of unbranched alkanes of at least 4 members (excludes halogenated alkanes) is 15. The average Bonchev–Trinajstić information content (AvgIpc) is 2.46. The summed E-state index contributed by atoms with van der Waals surface area (Å²) >= 11 is 0. The number of hydrogen-bond donors (Lipinski definition) is 0. The Morgan fingerprint density at radius 2 is 0.864 bits per heavy atom. The second kappa shape index (κ2) is 22.5. The van der Waals surface area contributed by atoms with Gasteiger partial charge in [-0.05, 0) is 12.8 Å². The van der Waals surface area contributed by atoms with E-state index in [-0.39, 0.29) is 75.3 Å². The molecule has 22 heavy (non-hydrogen) atoms. The van der Waals surface area contributed by atoms with Crippen molar-refractivity contribution >= 4 is 5.97 Å². The van der Waals surface area contributed by atoms with E-state index in [9.17, 15) is 9.90 Å². The predicted octanol–water partition coefficient (Wildman–Crippen LogP) is 2.39. The maximum Gasteiger partial charge on any atom is 1.00 e. The zero-order valence-electron chi connectivity index (χ0n) is 15.3. The van der Waals surface area contributed by atoms with Crippen molar-refractivity contribution in [3.8, 4) is 0 Å². The molecule has 0 unspecified atom stereocenters. The summed E-state index contributed by atoms with van der Waals surface area (Å²) in [6, 6.07) is 0. The molecule has 0 saturated carbocycles. The summed E-state index contributed by atoms with van der Waals surface area (Å²) in [5.41, 5.74) is 0. The van der Waals surface area contributed by atoms with E-state index in [1.54, 1.807) is 0 Å². The zero-order valence-corrected chi connectivity index (χ0v) is 21.6.